The zero-order chi connectivity index (χ0) is 11.1. The Balaban J connectivity index is 2.04. The van der Waals surface area contributed by atoms with Crippen molar-refractivity contribution in [3.05, 3.63) is 0 Å². The summed E-state index contributed by atoms with van der Waals surface area (Å²) in [5.41, 5.74) is 0. The Morgan fingerprint density at radius 2 is 1.53 bits per heavy atom. The largest absolute Gasteiger partial charge is 0.309 e. The van der Waals surface area contributed by atoms with Crippen molar-refractivity contribution in [1.82, 2.24) is 14.7 Å². The molecule has 1 aliphatic rings. The molecule has 3 nitrogen and oxygen atoms in total. The minimum Gasteiger partial charge on any atom is -0.309 e. The van der Waals surface area contributed by atoms with Crippen LogP contribution in [0.5, 0.6) is 0 Å². The van der Waals surface area contributed by atoms with Crippen molar-refractivity contribution >= 4 is 11.6 Å². The SMILES string of the molecule is CN(C)CCCN1CCN(CCCl)CC1. The number of rotatable bonds is 6. The number of nitrogens with zero attached hydrogens (tertiary/aromatic N) is 3. The van der Waals surface area contributed by atoms with Crippen LogP contribution in [0.4, 0.5) is 0 Å². The summed E-state index contributed by atoms with van der Waals surface area (Å²) in [7, 11) is 4.27. The molecule has 1 fully saturated rings. The third-order valence-electron chi connectivity index (χ3n) is 2.95. The molecule has 0 N–H and O–H groups in total. The Morgan fingerprint density at radius 1 is 1.00 bits per heavy atom. The number of hydrogen-bond acceptors (Lipinski definition) is 3. The van der Waals surface area contributed by atoms with Gasteiger partial charge in [0.05, 0.1) is 0 Å². The summed E-state index contributed by atoms with van der Waals surface area (Å²) in [6.07, 6.45) is 1.28. The molecule has 0 saturated carbocycles. The first-order valence-corrected chi connectivity index (χ1v) is 6.41. The van der Waals surface area contributed by atoms with Crippen molar-refractivity contribution in [2.45, 2.75) is 6.42 Å². The summed E-state index contributed by atoms with van der Waals surface area (Å²) >= 11 is 5.73. The third-order valence-corrected chi connectivity index (χ3v) is 3.11. The predicted molar refractivity (Wildman–Crippen MR) is 66.8 cm³/mol. The highest BCUT2D eigenvalue weighted by atomic mass is 35.5. The second kappa shape index (κ2) is 7.44. The molecule has 0 radical (unpaired) electrons. The van der Waals surface area contributed by atoms with E-state index >= 15 is 0 Å². The molecule has 0 amide bonds. The molecule has 0 unspecified atom stereocenters. The van der Waals surface area contributed by atoms with Crippen molar-refractivity contribution in [3.8, 4) is 0 Å². The van der Waals surface area contributed by atoms with E-state index in [0.29, 0.717) is 0 Å². The fraction of sp³-hybridized carbons (Fsp3) is 1.00. The first-order chi connectivity index (χ1) is 7.22. The number of alkyl halides is 1. The Hall–Kier alpha value is 0.170. The Bertz CT molecular complexity index is 156. The van der Waals surface area contributed by atoms with Gasteiger partial charge in [-0.1, -0.05) is 0 Å². The van der Waals surface area contributed by atoms with Gasteiger partial charge in [0.1, 0.15) is 0 Å². The summed E-state index contributed by atoms with van der Waals surface area (Å²) in [5.74, 6) is 0.765. The standard InChI is InChI=1S/C11H24ClN3/c1-13(2)5-3-6-14-8-10-15(7-4-12)11-9-14/h3-11H2,1-2H3. The lowest BCUT2D eigenvalue weighted by Crippen LogP contribution is -2.47. The van der Waals surface area contributed by atoms with E-state index in [0.717, 1.165) is 12.4 Å². The van der Waals surface area contributed by atoms with Gasteiger partial charge in [-0.3, -0.25) is 4.90 Å². The summed E-state index contributed by atoms with van der Waals surface area (Å²) in [6.45, 7) is 8.29. The average molecular weight is 234 g/mol. The molecule has 15 heavy (non-hydrogen) atoms. The summed E-state index contributed by atoms with van der Waals surface area (Å²) in [6, 6.07) is 0. The summed E-state index contributed by atoms with van der Waals surface area (Å²) in [5, 5.41) is 0. The first kappa shape index (κ1) is 13.2. The van der Waals surface area contributed by atoms with Crippen molar-refractivity contribution in [2.75, 3.05) is 65.8 Å². The molecule has 0 aromatic carbocycles. The van der Waals surface area contributed by atoms with Gasteiger partial charge >= 0.3 is 0 Å². The van der Waals surface area contributed by atoms with Crippen molar-refractivity contribution in [1.29, 1.82) is 0 Å². The molecule has 0 aliphatic carbocycles. The molecular formula is C11H24ClN3. The average Bonchev–Trinajstić information content (AvgIpc) is 2.20. The molecule has 0 spiro atoms. The topological polar surface area (TPSA) is 9.72 Å². The molecular weight excluding hydrogens is 210 g/mol. The van der Waals surface area contributed by atoms with Crippen LogP contribution in [0.2, 0.25) is 0 Å². The van der Waals surface area contributed by atoms with E-state index in [-0.39, 0.29) is 0 Å². The summed E-state index contributed by atoms with van der Waals surface area (Å²) in [4.78, 5) is 7.27. The van der Waals surface area contributed by atoms with E-state index in [1.165, 1.54) is 45.7 Å². The van der Waals surface area contributed by atoms with Crippen LogP contribution in [-0.4, -0.2) is 80.5 Å². The maximum Gasteiger partial charge on any atom is 0.0351 e. The fourth-order valence-electron chi connectivity index (χ4n) is 1.97. The Morgan fingerprint density at radius 3 is 2.00 bits per heavy atom. The molecule has 1 rings (SSSR count). The molecule has 1 saturated heterocycles. The van der Waals surface area contributed by atoms with E-state index in [2.05, 4.69) is 28.8 Å². The van der Waals surface area contributed by atoms with Gasteiger partial charge < -0.3 is 9.80 Å². The Kier molecular flexibility index (Phi) is 6.57. The van der Waals surface area contributed by atoms with Crippen LogP contribution in [0, 0.1) is 0 Å². The quantitative estimate of drug-likeness (QED) is 0.629. The minimum atomic E-state index is 0.765. The van der Waals surface area contributed by atoms with Gasteiger partial charge in [-0.05, 0) is 33.6 Å². The summed E-state index contributed by atoms with van der Waals surface area (Å²) < 4.78 is 0. The first-order valence-electron chi connectivity index (χ1n) is 5.88. The second-order valence-corrected chi connectivity index (χ2v) is 4.91. The van der Waals surface area contributed by atoms with Crippen LogP contribution in [0.15, 0.2) is 0 Å². The van der Waals surface area contributed by atoms with Crippen LogP contribution in [0.25, 0.3) is 0 Å². The van der Waals surface area contributed by atoms with Gasteiger partial charge in [-0.15, -0.1) is 11.6 Å². The molecule has 0 atom stereocenters. The molecule has 0 aromatic rings. The fourth-order valence-corrected chi connectivity index (χ4v) is 2.21. The zero-order valence-electron chi connectivity index (χ0n) is 10.1. The van der Waals surface area contributed by atoms with Crippen LogP contribution >= 0.6 is 11.6 Å². The van der Waals surface area contributed by atoms with Gasteiger partial charge in [0, 0.05) is 38.6 Å². The van der Waals surface area contributed by atoms with Crippen molar-refractivity contribution in [2.24, 2.45) is 0 Å². The lowest BCUT2D eigenvalue weighted by Gasteiger charge is -2.34. The van der Waals surface area contributed by atoms with E-state index in [1.54, 1.807) is 0 Å². The van der Waals surface area contributed by atoms with Crippen molar-refractivity contribution < 1.29 is 0 Å². The second-order valence-electron chi connectivity index (χ2n) is 4.53. The number of piperazine rings is 1. The van der Waals surface area contributed by atoms with Crippen LogP contribution in [0.1, 0.15) is 6.42 Å². The molecule has 1 aliphatic heterocycles. The van der Waals surface area contributed by atoms with Crippen LogP contribution < -0.4 is 0 Å². The maximum atomic E-state index is 5.73. The van der Waals surface area contributed by atoms with Gasteiger partial charge in [0.2, 0.25) is 0 Å². The predicted octanol–water partition coefficient (Wildman–Crippen LogP) is 0.794. The van der Waals surface area contributed by atoms with E-state index in [4.69, 9.17) is 11.6 Å². The van der Waals surface area contributed by atoms with Gasteiger partial charge in [0.15, 0.2) is 0 Å². The lowest BCUT2D eigenvalue weighted by atomic mass is 10.3. The zero-order valence-corrected chi connectivity index (χ0v) is 10.8. The normalized spacial score (nSPS) is 20.0. The van der Waals surface area contributed by atoms with Gasteiger partial charge in [0.25, 0.3) is 0 Å². The molecule has 1 heterocycles. The molecule has 4 heteroatoms. The van der Waals surface area contributed by atoms with Crippen LogP contribution in [0.3, 0.4) is 0 Å². The number of halogens is 1. The molecule has 0 bridgehead atoms. The van der Waals surface area contributed by atoms with E-state index in [1.807, 2.05) is 0 Å². The van der Waals surface area contributed by atoms with Crippen molar-refractivity contribution in [3.63, 3.8) is 0 Å². The molecule has 0 aromatic heterocycles. The van der Waals surface area contributed by atoms with E-state index in [9.17, 15) is 0 Å². The highest BCUT2D eigenvalue weighted by Gasteiger charge is 2.15. The third kappa shape index (κ3) is 5.71. The highest BCUT2D eigenvalue weighted by molar-refractivity contribution is 6.18. The molecule has 90 valence electrons. The Labute approximate surface area is 99.0 Å². The van der Waals surface area contributed by atoms with Gasteiger partial charge in [-0.2, -0.15) is 0 Å². The lowest BCUT2D eigenvalue weighted by molar-refractivity contribution is 0.134. The number of hydrogen-bond donors (Lipinski definition) is 0. The highest BCUT2D eigenvalue weighted by Crippen LogP contribution is 2.02. The smallest absolute Gasteiger partial charge is 0.0351 e. The minimum absolute atomic E-state index is 0.765. The van der Waals surface area contributed by atoms with Gasteiger partial charge in [-0.25, -0.2) is 0 Å². The van der Waals surface area contributed by atoms with E-state index < -0.39 is 0 Å². The van der Waals surface area contributed by atoms with Crippen LogP contribution in [-0.2, 0) is 0 Å². The maximum absolute atomic E-state index is 5.73. The monoisotopic (exact) mass is 233 g/mol.